The lowest BCUT2D eigenvalue weighted by Gasteiger charge is -2.42. The average molecular weight is 913 g/mol. The maximum Gasteiger partial charge on any atom is 0.0702 e. The van der Waals surface area contributed by atoms with Crippen LogP contribution in [0.3, 0.4) is 0 Å². The molecule has 0 aliphatic carbocycles. The summed E-state index contributed by atoms with van der Waals surface area (Å²) in [5.41, 5.74) is 11.3. The molecule has 13 rings (SSSR count). The third kappa shape index (κ3) is 6.43. The SMILES string of the molecule is c1ccc(C(c2ccccc2)(c2ccccc2)c2cccc(-n3c4ccccc4c4cc(-n5c6ccccc6c6ccc(S(c7ccccc7)(c7ccccc7)c7ccccc7)cc65)ccc43)c2)cc1. The van der Waals surface area contributed by atoms with Gasteiger partial charge in [-0.25, -0.2) is 0 Å². The van der Waals surface area contributed by atoms with Gasteiger partial charge in [0.2, 0.25) is 0 Å². The zero-order valence-electron chi connectivity index (χ0n) is 38.5. The van der Waals surface area contributed by atoms with Crippen molar-refractivity contribution in [2.24, 2.45) is 0 Å². The van der Waals surface area contributed by atoms with Gasteiger partial charge in [-0.05, 0) is 113 Å². The molecule has 332 valence electrons. The van der Waals surface area contributed by atoms with Gasteiger partial charge in [0.1, 0.15) is 0 Å². The van der Waals surface area contributed by atoms with E-state index >= 15 is 0 Å². The Morgan fingerprint density at radius 3 is 1.13 bits per heavy atom. The molecular formula is C67H48N2S. The summed E-state index contributed by atoms with van der Waals surface area (Å²) in [5, 5.41) is 4.90. The second-order valence-electron chi connectivity index (χ2n) is 18.0. The van der Waals surface area contributed by atoms with E-state index in [9.17, 15) is 0 Å². The molecule has 2 nitrogen and oxygen atoms in total. The number of nitrogens with zero attached hydrogens (tertiary/aromatic N) is 2. The first kappa shape index (κ1) is 41.5. The van der Waals surface area contributed by atoms with Gasteiger partial charge in [0.25, 0.3) is 0 Å². The van der Waals surface area contributed by atoms with Gasteiger partial charge in [0, 0.05) is 52.5 Å². The molecule has 0 fully saturated rings. The molecule has 0 radical (unpaired) electrons. The van der Waals surface area contributed by atoms with Crippen LogP contribution in [0.15, 0.2) is 311 Å². The van der Waals surface area contributed by atoms with E-state index in [2.05, 4.69) is 300 Å². The first-order valence-corrected chi connectivity index (χ1v) is 25.7. The summed E-state index contributed by atoms with van der Waals surface area (Å²) in [4.78, 5) is 5.21. The third-order valence-corrected chi connectivity index (χ3v) is 18.3. The second kappa shape index (κ2) is 17.2. The van der Waals surface area contributed by atoms with Crippen molar-refractivity contribution in [1.82, 2.24) is 9.13 Å². The minimum Gasteiger partial charge on any atom is -0.309 e. The van der Waals surface area contributed by atoms with Gasteiger partial charge in [0.15, 0.2) is 0 Å². The highest BCUT2D eigenvalue weighted by Crippen LogP contribution is 2.73. The molecule has 2 heterocycles. The minimum atomic E-state index is -1.91. The molecule has 0 atom stereocenters. The van der Waals surface area contributed by atoms with E-state index in [1.807, 2.05) is 0 Å². The second-order valence-corrected chi connectivity index (χ2v) is 21.1. The monoisotopic (exact) mass is 912 g/mol. The lowest BCUT2D eigenvalue weighted by molar-refractivity contribution is 0.744. The smallest absolute Gasteiger partial charge is 0.0702 e. The number of benzene rings is 11. The van der Waals surface area contributed by atoms with Crippen LogP contribution in [-0.2, 0) is 5.41 Å². The lowest BCUT2D eigenvalue weighted by atomic mass is 9.65. The Balaban J connectivity index is 1.04. The molecule has 0 aliphatic heterocycles. The Morgan fingerprint density at radius 1 is 0.229 bits per heavy atom. The van der Waals surface area contributed by atoms with Crippen LogP contribution in [-0.4, -0.2) is 9.13 Å². The molecular weight excluding hydrogens is 865 g/mol. The average Bonchev–Trinajstić information content (AvgIpc) is 3.95. The van der Waals surface area contributed by atoms with Crippen molar-refractivity contribution in [3.05, 3.63) is 313 Å². The van der Waals surface area contributed by atoms with E-state index < -0.39 is 15.4 Å². The van der Waals surface area contributed by atoms with Crippen molar-refractivity contribution < 1.29 is 0 Å². The summed E-state index contributed by atoms with van der Waals surface area (Å²) in [6.07, 6.45) is 0. The van der Waals surface area contributed by atoms with Crippen molar-refractivity contribution in [3.8, 4) is 11.4 Å². The van der Waals surface area contributed by atoms with Gasteiger partial charge in [0.05, 0.1) is 27.5 Å². The molecule has 11 aromatic carbocycles. The number of hydrogen-bond acceptors (Lipinski definition) is 0. The molecule has 0 amide bonds. The maximum absolute atomic E-state index is 2.50. The van der Waals surface area contributed by atoms with Gasteiger partial charge in [-0.1, -0.05) is 200 Å². The summed E-state index contributed by atoms with van der Waals surface area (Å²) in [5.74, 6) is 0. The minimum absolute atomic E-state index is 0.568. The van der Waals surface area contributed by atoms with Crippen LogP contribution in [0.5, 0.6) is 0 Å². The van der Waals surface area contributed by atoms with E-state index in [4.69, 9.17) is 0 Å². The van der Waals surface area contributed by atoms with E-state index in [1.165, 1.54) is 79.9 Å². The van der Waals surface area contributed by atoms with Gasteiger partial charge in [-0.3, -0.25) is 0 Å². The first-order valence-electron chi connectivity index (χ1n) is 24.1. The fourth-order valence-electron chi connectivity index (χ4n) is 11.4. The Bertz CT molecular complexity index is 3780. The zero-order chi connectivity index (χ0) is 46.5. The fraction of sp³-hybridized carbons (Fsp3) is 0.0149. The third-order valence-electron chi connectivity index (χ3n) is 14.4. The van der Waals surface area contributed by atoms with E-state index in [0.29, 0.717) is 0 Å². The number of fused-ring (bicyclic) bond motifs is 6. The normalized spacial score (nSPS) is 12.2. The van der Waals surface area contributed by atoms with Crippen molar-refractivity contribution in [2.45, 2.75) is 25.0 Å². The molecule has 0 saturated heterocycles. The Morgan fingerprint density at radius 2 is 0.614 bits per heavy atom. The molecule has 0 N–H and O–H groups in total. The summed E-state index contributed by atoms with van der Waals surface area (Å²) >= 11 is 0. The van der Waals surface area contributed by atoms with E-state index in [-0.39, 0.29) is 0 Å². The molecule has 0 bridgehead atoms. The molecule has 3 heteroatoms. The van der Waals surface area contributed by atoms with Crippen molar-refractivity contribution >= 4 is 53.6 Å². The quantitative estimate of drug-likeness (QED) is 0.121. The van der Waals surface area contributed by atoms with E-state index in [0.717, 1.165) is 16.9 Å². The maximum atomic E-state index is 2.50. The molecule has 0 aliphatic rings. The highest BCUT2D eigenvalue weighted by Gasteiger charge is 2.39. The largest absolute Gasteiger partial charge is 0.309 e. The molecule has 0 spiro atoms. The van der Waals surface area contributed by atoms with Crippen LogP contribution in [0, 0.1) is 0 Å². The van der Waals surface area contributed by atoms with Crippen molar-refractivity contribution in [1.29, 1.82) is 0 Å². The van der Waals surface area contributed by atoms with Crippen LogP contribution < -0.4 is 0 Å². The molecule has 0 unspecified atom stereocenters. The molecule has 2 aromatic heterocycles. The Hall–Kier alpha value is -8.63. The predicted molar refractivity (Wildman–Crippen MR) is 293 cm³/mol. The first-order chi connectivity index (χ1) is 34.7. The summed E-state index contributed by atoms with van der Waals surface area (Å²) in [6, 6.07) is 108. The van der Waals surface area contributed by atoms with Gasteiger partial charge < -0.3 is 9.13 Å². The topological polar surface area (TPSA) is 9.86 Å². The van der Waals surface area contributed by atoms with Gasteiger partial charge in [-0.15, -0.1) is 10.0 Å². The van der Waals surface area contributed by atoms with Crippen LogP contribution in [0.1, 0.15) is 22.3 Å². The lowest BCUT2D eigenvalue weighted by Crippen LogP contribution is -2.31. The summed E-state index contributed by atoms with van der Waals surface area (Å²) < 4.78 is 4.96. The van der Waals surface area contributed by atoms with Crippen LogP contribution in [0.4, 0.5) is 0 Å². The highest BCUT2D eigenvalue weighted by molar-refractivity contribution is 8.34. The number of para-hydroxylation sites is 2. The molecule has 13 aromatic rings. The summed E-state index contributed by atoms with van der Waals surface area (Å²) in [7, 11) is -1.91. The van der Waals surface area contributed by atoms with Crippen molar-refractivity contribution in [3.63, 3.8) is 0 Å². The van der Waals surface area contributed by atoms with Gasteiger partial charge >= 0.3 is 0 Å². The van der Waals surface area contributed by atoms with Crippen LogP contribution >= 0.6 is 10.0 Å². The van der Waals surface area contributed by atoms with Crippen LogP contribution in [0.25, 0.3) is 55.0 Å². The number of rotatable bonds is 10. The summed E-state index contributed by atoms with van der Waals surface area (Å²) in [6.45, 7) is 0. The molecule has 0 saturated carbocycles. The fourth-order valence-corrected chi connectivity index (χ4v) is 15.3. The van der Waals surface area contributed by atoms with Crippen LogP contribution in [0.2, 0.25) is 0 Å². The standard InChI is InChI=1S/C67H48N2S/c1-7-24-49(25-8-1)67(50-26-9-2-10-27-50,51-28-11-3-12-29-51)52-30-23-31-53(46-52)68-64-41-22-20-39-60(64)62-47-54(42-45-65(62)68)69-63-40-21-19-38-59(63)61-44-43-58(48-66(61)69)70(55-32-13-4-14-33-55,56-34-15-5-16-35-56)57-36-17-6-18-37-57/h1-48H. The van der Waals surface area contributed by atoms with Gasteiger partial charge in [-0.2, -0.15) is 0 Å². The number of hydrogen-bond donors (Lipinski definition) is 0. The number of aromatic nitrogens is 2. The Labute approximate surface area is 410 Å². The van der Waals surface area contributed by atoms with Crippen molar-refractivity contribution in [2.75, 3.05) is 0 Å². The Kier molecular flexibility index (Phi) is 10.2. The molecule has 70 heavy (non-hydrogen) atoms. The zero-order valence-corrected chi connectivity index (χ0v) is 39.3. The van der Waals surface area contributed by atoms with E-state index in [1.54, 1.807) is 0 Å². The predicted octanol–water partition coefficient (Wildman–Crippen LogP) is 17.6. The highest BCUT2D eigenvalue weighted by atomic mass is 32.3.